The third-order valence-electron chi connectivity index (χ3n) is 2.54. The Morgan fingerprint density at radius 2 is 2.00 bits per heavy atom. The van der Waals surface area contributed by atoms with E-state index in [1.165, 1.54) is 6.92 Å². The molecule has 100 valence electrons. The zero-order valence-electron chi connectivity index (χ0n) is 11.1. The molecule has 0 spiro atoms. The largest absolute Gasteiger partial charge is 0.452 e. The second-order valence-electron chi connectivity index (χ2n) is 4.23. The summed E-state index contributed by atoms with van der Waals surface area (Å²) in [5.74, 6) is 1.60. The van der Waals surface area contributed by atoms with Crippen molar-refractivity contribution in [1.29, 1.82) is 0 Å². The topological polar surface area (TPSA) is 55.4 Å². The quantitative estimate of drug-likeness (QED) is 0.647. The minimum atomic E-state index is -0.433. The standard InChI is InChI=1S/C15H17NO3/c1-4-9-19-15(18)10-14(16-12(3)17)13-7-5-11(2)6-8-13/h1,5-8,14H,9-10H2,2-3H3,(H,16,17). The van der Waals surface area contributed by atoms with E-state index in [9.17, 15) is 9.59 Å². The molecule has 0 aliphatic rings. The van der Waals surface area contributed by atoms with Gasteiger partial charge >= 0.3 is 5.97 Å². The van der Waals surface area contributed by atoms with Crippen LogP contribution < -0.4 is 5.32 Å². The van der Waals surface area contributed by atoms with Gasteiger partial charge in [-0.1, -0.05) is 35.7 Å². The third-order valence-corrected chi connectivity index (χ3v) is 2.54. The van der Waals surface area contributed by atoms with Gasteiger partial charge in [-0.3, -0.25) is 9.59 Å². The minimum Gasteiger partial charge on any atom is -0.452 e. The maximum atomic E-state index is 11.6. The molecule has 0 aromatic heterocycles. The summed E-state index contributed by atoms with van der Waals surface area (Å²) in [6, 6.07) is 7.21. The molecule has 1 aromatic carbocycles. The van der Waals surface area contributed by atoms with Crippen molar-refractivity contribution in [3.05, 3.63) is 35.4 Å². The van der Waals surface area contributed by atoms with Gasteiger partial charge in [-0.15, -0.1) is 6.42 Å². The van der Waals surface area contributed by atoms with Gasteiger partial charge in [0.05, 0.1) is 12.5 Å². The fourth-order valence-electron chi connectivity index (χ4n) is 1.64. The molecule has 1 atom stereocenters. The highest BCUT2D eigenvalue weighted by Gasteiger charge is 2.17. The van der Waals surface area contributed by atoms with Gasteiger partial charge in [-0.2, -0.15) is 0 Å². The Balaban J connectivity index is 2.77. The monoisotopic (exact) mass is 259 g/mol. The van der Waals surface area contributed by atoms with Crippen LogP contribution in [0.5, 0.6) is 0 Å². The van der Waals surface area contributed by atoms with E-state index in [-0.39, 0.29) is 18.9 Å². The average Bonchev–Trinajstić information content (AvgIpc) is 2.36. The second-order valence-corrected chi connectivity index (χ2v) is 4.23. The number of hydrogen-bond acceptors (Lipinski definition) is 3. The van der Waals surface area contributed by atoms with E-state index in [4.69, 9.17) is 11.2 Å². The molecule has 1 rings (SSSR count). The average molecular weight is 259 g/mol. The minimum absolute atomic E-state index is 0.0560. The molecule has 4 nitrogen and oxygen atoms in total. The van der Waals surface area contributed by atoms with Crippen molar-refractivity contribution in [1.82, 2.24) is 5.32 Å². The third kappa shape index (κ3) is 5.26. The highest BCUT2D eigenvalue weighted by molar-refractivity contribution is 5.76. The van der Waals surface area contributed by atoms with Crippen molar-refractivity contribution in [3.8, 4) is 12.3 Å². The van der Waals surface area contributed by atoms with Crippen molar-refractivity contribution >= 4 is 11.9 Å². The predicted octanol–water partition coefficient (Wildman–Crippen LogP) is 1.74. The summed E-state index contributed by atoms with van der Waals surface area (Å²) in [6.45, 7) is 3.33. The number of ether oxygens (including phenoxy) is 1. The number of esters is 1. The number of hydrogen-bond donors (Lipinski definition) is 1. The molecule has 0 bridgehead atoms. The Labute approximate surface area is 113 Å². The van der Waals surface area contributed by atoms with Gasteiger partial charge in [-0.25, -0.2) is 0 Å². The lowest BCUT2D eigenvalue weighted by molar-refractivity contribution is -0.142. The maximum absolute atomic E-state index is 11.6. The van der Waals surface area contributed by atoms with Gasteiger partial charge < -0.3 is 10.1 Å². The van der Waals surface area contributed by atoms with Crippen molar-refractivity contribution in [2.75, 3.05) is 6.61 Å². The van der Waals surface area contributed by atoms with Gasteiger partial charge in [0, 0.05) is 6.92 Å². The van der Waals surface area contributed by atoms with Gasteiger partial charge in [0.1, 0.15) is 0 Å². The molecule has 1 N–H and O–H groups in total. The van der Waals surface area contributed by atoms with Gasteiger partial charge in [0.2, 0.25) is 5.91 Å². The Morgan fingerprint density at radius 1 is 1.37 bits per heavy atom. The first-order chi connectivity index (χ1) is 9.02. The second kappa shape index (κ2) is 7.22. The van der Waals surface area contributed by atoms with Crippen molar-refractivity contribution in [2.24, 2.45) is 0 Å². The van der Waals surface area contributed by atoms with E-state index in [1.807, 2.05) is 31.2 Å². The Morgan fingerprint density at radius 3 is 2.53 bits per heavy atom. The molecule has 1 aromatic rings. The number of amides is 1. The molecule has 0 aliphatic heterocycles. The molecule has 0 aliphatic carbocycles. The van der Waals surface area contributed by atoms with Crippen LogP contribution in [0.1, 0.15) is 30.5 Å². The molecular weight excluding hydrogens is 242 g/mol. The summed E-state index contributed by atoms with van der Waals surface area (Å²) in [5, 5.41) is 2.73. The zero-order valence-corrected chi connectivity index (χ0v) is 11.1. The van der Waals surface area contributed by atoms with Crippen molar-refractivity contribution in [2.45, 2.75) is 26.3 Å². The molecule has 0 saturated heterocycles. The van der Waals surface area contributed by atoms with Crippen LogP contribution in [0.15, 0.2) is 24.3 Å². The lowest BCUT2D eigenvalue weighted by Crippen LogP contribution is -2.28. The first-order valence-corrected chi connectivity index (χ1v) is 5.95. The summed E-state index contributed by atoms with van der Waals surface area (Å²) in [4.78, 5) is 22.8. The molecule has 0 radical (unpaired) electrons. The number of benzene rings is 1. The summed E-state index contributed by atoms with van der Waals surface area (Å²) in [7, 11) is 0. The fourth-order valence-corrected chi connectivity index (χ4v) is 1.64. The maximum Gasteiger partial charge on any atom is 0.309 e. The van der Waals surface area contributed by atoms with Crippen LogP contribution >= 0.6 is 0 Å². The van der Waals surface area contributed by atoms with Crippen LogP contribution in [0.2, 0.25) is 0 Å². The Hall–Kier alpha value is -2.28. The Bertz CT molecular complexity index is 485. The van der Waals surface area contributed by atoms with Crippen LogP contribution in [0.3, 0.4) is 0 Å². The van der Waals surface area contributed by atoms with E-state index in [0.29, 0.717) is 0 Å². The highest BCUT2D eigenvalue weighted by atomic mass is 16.5. The summed E-state index contributed by atoms with van der Waals surface area (Å²) >= 11 is 0. The predicted molar refractivity (Wildman–Crippen MR) is 72.1 cm³/mol. The Kier molecular flexibility index (Phi) is 5.62. The first kappa shape index (κ1) is 14.8. The summed E-state index contributed by atoms with van der Waals surface area (Å²) in [6.07, 6.45) is 5.08. The lowest BCUT2D eigenvalue weighted by atomic mass is 10.0. The molecule has 4 heteroatoms. The van der Waals surface area contributed by atoms with Crippen LogP contribution in [0, 0.1) is 19.3 Å². The molecule has 0 fully saturated rings. The number of nitrogens with one attached hydrogen (secondary N) is 1. The molecule has 19 heavy (non-hydrogen) atoms. The molecule has 0 saturated carbocycles. The van der Waals surface area contributed by atoms with Crippen LogP contribution in [0.25, 0.3) is 0 Å². The SMILES string of the molecule is C#CCOC(=O)CC(NC(C)=O)c1ccc(C)cc1. The number of carbonyl (C=O) groups excluding carboxylic acids is 2. The summed E-state index contributed by atoms with van der Waals surface area (Å²) in [5.41, 5.74) is 1.97. The number of aryl methyl sites for hydroxylation is 1. The van der Waals surface area contributed by atoms with Gasteiger partial charge in [0.15, 0.2) is 6.61 Å². The fraction of sp³-hybridized carbons (Fsp3) is 0.333. The van der Waals surface area contributed by atoms with Crippen molar-refractivity contribution in [3.63, 3.8) is 0 Å². The normalized spacial score (nSPS) is 11.2. The van der Waals surface area contributed by atoms with Gasteiger partial charge in [0.25, 0.3) is 0 Å². The molecular formula is C15H17NO3. The van der Waals surface area contributed by atoms with E-state index in [0.717, 1.165) is 11.1 Å². The first-order valence-electron chi connectivity index (χ1n) is 5.95. The van der Waals surface area contributed by atoms with E-state index in [1.54, 1.807) is 0 Å². The lowest BCUT2D eigenvalue weighted by Gasteiger charge is -2.17. The number of terminal acetylenes is 1. The highest BCUT2D eigenvalue weighted by Crippen LogP contribution is 2.18. The summed E-state index contributed by atoms with van der Waals surface area (Å²) < 4.78 is 4.82. The molecule has 0 heterocycles. The van der Waals surface area contributed by atoms with E-state index < -0.39 is 12.0 Å². The van der Waals surface area contributed by atoms with Crippen LogP contribution in [-0.2, 0) is 14.3 Å². The van der Waals surface area contributed by atoms with Crippen LogP contribution in [0.4, 0.5) is 0 Å². The van der Waals surface area contributed by atoms with Gasteiger partial charge in [-0.05, 0) is 12.5 Å². The van der Waals surface area contributed by atoms with Crippen LogP contribution in [-0.4, -0.2) is 18.5 Å². The van der Waals surface area contributed by atoms with E-state index >= 15 is 0 Å². The number of carbonyl (C=O) groups is 2. The van der Waals surface area contributed by atoms with Crippen molar-refractivity contribution < 1.29 is 14.3 Å². The molecule has 1 unspecified atom stereocenters. The smallest absolute Gasteiger partial charge is 0.309 e. The zero-order chi connectivity index (χ0) is 14.3. The number of rotatable bonds is 5. The molecule has 1 amide bonds. The van der Waals surface area contributed by atoms with E-state index in [2.05, 4.69) is 11.2 Å².